The summed E-state index contributed by atoms with van der Waals surface area (Å²) in [4.78, 5) is 4.73. The number of nitrogens with zero attached hydrogens (tertiary/aromatic N) is 1. The van der Waals surface area contributed by atoms with Crippen LogP contribution in [0.4, 0.5) is 0 Å². The predicted molar refractivity (Wildman–Crippen MR) is 84.7 cm³/mol. The number of benzene rings is 1. The molecule has 0 radical (unpaired) electrons. The SMILES string of the molecule is CCCC(CCN)CCc1nc2ccc(C)cc2s1. The van der Waals surface area contributed by atoms with Gasteiger partial charge in [0, 0.05) is 0 Å². The van der Waals surface area contributed by atoms with Gasteiger partial charge in [-0.2, -0.15) is 0 Å². The lowest BCUT2D eigenvalue weighted by Gasteiger charge is -2.13. The largest absolute Gasteiger partial charge is 0.330 e. The number of thiazole rings is 1. The lowest BCUT2D eigenvalue weighted by molar-refractivity contribution is 0.421. The zero-order chi connectivity index (χ0) is 13.7. The smallest absolute Gasteiger partial charge is 0.0938 e. The van der Waals surface area contributed by atoms with Gasteiger partial charge >= 0.3 is 0 Å². The molecule has 2 N–H and O–H groups in total. The molecule has 104 valence electrons. The number of aromatic nitrogens is 1. The highest BCUT2D eigenvalue weighted by atomic mass is 32.1. The average Bonchev–Trinajstić information content (AvgIpc) is 2.78. The zero-order valence-corrected chi connectivity index (χ0v) is 12.8. The molecule has 0 saturated heterocycles. The third kappa shape index (κ3) is 4.02. The van der Waals surface area contributed by atoms with E-state index in [1.54, 1.807) is 0 Å². The minimum atomic E-state index is 0.767. The summed E-state index contributed by atoms with van der Waals surface area (Å²) in [5, 5.41) is 1.28. The van der Waals surface area contributed by atoms with Gasteiger partial charge in [0.15, 0.2) is 0 Å². The van der Waals surface area contributed by atoms with Gasteiger partial charge in [0.25, 0.3) is 0 Å². The van der Waals surface area contributed by atoms with Crippen molar-refractivity contribution in [2.24, 2.45) is 11.7 Å². The summed E-state index contributed by atoms with van der Waals surface area (Å²) in [5.41, 5.74) is 8.16. The van der Waals surface area contributed by atoms with Gasteiger partial charge in [0.05, 0.1) is 15.2 Å². The number of fused-ring (bicyclic) bond motifs is 1. The van der Waals surface area contributed by atoms with Crippen LogP contribution in [0.1, 0.15) is 43.2 Å². The van der Waals surface area contributed by atoms with E-state index in [9.17, 15) is 0 Å². The Morgan fingerprint density at radius 1 is 1.26 bits per heavy atom. The number of hydrogen-bond acceptors (Lipinski definition) is 3. The normalized spacial score (nSPS) is 13.0. The molecule has 1 aromatic heterocycles. The van der Waals surface area contributed by atoms with Crippen molar-refractivity contribution in [3.63, 3.8) is 0 Å². The van der Waals surface area contributed by atoms with Crippen LogP contribution in [0.3, 0.4) is 0 Å². The van der Waals surface area contributed by atoms with Gasteiger partial charge in [0.2, 0.25) is 0 Å². The molecule has 3 heteroatoms. The van der Waals surface area contributed by atoms with Crippen LogP contribution in [0.2, 0.25) is 0 Å². The molecule has 0 spiro atoms. The van der Waals surface area contributed by atoms with Crippen molar-refractivity contribution in [3.8, 4) is 0 Å². The highest BCUT2D eigenvalue weighted by molar-refractivity contribution is 7.18. The maximum absolute atomic E-state index is 5.69. The van der Waals surface area contributed by atoms with Gasteiger partial charge < -0.3 is 5.73 Å². The minimum Gasteiger partial charge on any atom is -0.330 e. The fourth-order valence-corrected chi connectivity index (χ4v) is 3.67. The van der Waals surface area contributed by atoms with Gasteiger partial charge in [-0.05, 0) is 56.3 Å². The highest BCUT2D eigenvalue weighted by Gasteiger charge is 2.10. The number of aryl methyl sites for hydroxylation is 2. The average molecular weight is 276 g/mol. The second-order valence-corrected chi connectivity index (χ2v) is 6.46. The molecule has 0 amide bonds. The van der Waals surface area contributed by atoms with Gasteiger partial charge in [-0.1, -0.05) is 25.8 Å². The topological polar surface area (TPSA) is 38.9 Å². The van der Waals surface area contributed by atoms with Crippen molar-refractivity contribution >= 4 is 21.6 Å². The highest BCUT2D eigenvalue weighted by Crippen LogP contribution is 2.26. The summed E-state index contributed by atoms with van der Waals surface area (Å²) in [5.74, 6) is 0.767. The summed E-state index contributed by atoms with van der Waals surface area (Å²) in [6.07, 6.45) is 6.02. The molecule has 0 aliphatic carbocycles. The minimum absolute atomic E-state index is 0.767. The van der Waals surface area contributed by atoms with Crippen molar-refractivity contribution in [2.45, 2.75) is 46.0 Å². The van der Waals surface area contributed by atoms with Gasteiger partial charge in [0.1, 0.15) is 0 Å². The van der Waals surface area contributed by atoms with Crippen molar-refractivity contribution in [3.05, 3.63) is 28.8 Å². The molecule has 0 aliphatic heterocycles. The van der Waals surface area contributed by atoms with Crippen LogP contribution < -0.4 is 5.73 Å². The number of nitrogens with two attached hydrogens (primary N) is 1. The first-order valence-electron chi connectivity index (χ1n) is 7.29. The number of rotatable bonds is 7. The molecular formula is C16H24N2S. The van der Waals surface area contributed by atoms with E-state index in [0.29, 0.717) is 0 Å². The Kier molecular flexibility index (Phi) is 5.34. The van der Waals surface area contributed by atoms with E-state index < -0.39 is 0 Å². The summed E-state index contributed by atoms with van der Waals surface area (Å²) in [7, 11) is 0. The Bertz CT molecular complexity index is 512. The van der Waals surface area contributed by atoms with Crippen LogP contribution in [-0.4, -0.2) is 11.5 Å². The van der Waals surface area contributed by atoms with Crippen molar-refractivity contribution in [2.75, 3.05) is 6.54 Å². The van der Waals surface area contributed by atoms with Crippen LogP contribution in [0, 0.1) is 12.8 Å². The van der Waals surface area contributed by atoms with Crippen LogP contribution in [0.25, 0.3) is 10.2 Å². The Hall–Kier alpha value is -0.930. The summed E-state index contributed by atoms with van der Waals surface area (Å²) >= 11 is 1.85. The van der Waals surface area contributed by atoms with Crippen LogP contribution in [0.15, 0.2) is 18.2 Å². The quantitative estimate of drug-likeness (QED) is 0.818. The Labute approximate surface area is 120 Å². The van der Waals surface area contributed by atoms with Gasteiger partial charge in [-0.3, -0.25) is 0 Å². The first kappa shape index (κ1) is 14.5. The molecular weight excluding hydrogens is 252 g/mol. The van der Waals surface area contributed by atoms with E-state index >= 15 is 0 Å². The van der Waals surface area contributed by atoms with Crippen LogP contribution in [-0.2, 0) is 6.42 Å². The molecule has 0 bridgehead atoms. The first-order valence-corrected chi connectivity index (χ1v) is 8.10. The monoisotopic (exact) mass is 276 g/mol. The molecule has 0 aliphatic rings. The maximum Gasteiger partial charge on any atom is 0.0938 e. The van der Waals surface area contributed by atoms with E-state index in [0.717, 1.165) is 30.8 Å². The molecule has 0 fully saturated rings. The molecule has 0 saturated carbocycles. The third-order valence-electron chi connectivity index (χ3n) is 3.63. The predicted octanol–water partition coefficient (Wildman–Crippen LogP) is 4.30. The fourth-order valence-electron chi connectivity index (χ4n) is 2.59. The van der Waals surface area contributed by atoms with E-state index in [1.165, 1.54) is 34.5 Å². The van der Waals surface area contributed by atoms with Gasteiger partial charge in [-0.25, -0.2) is 4.98 Å². The Morgan fingerprint density at radius 2 is 2.11 bits per heavy atom. The van der Waals surface area contributed by atoms with E-state index in [1.807, 2.05) is 11.3 Å². The molecule has 1 aromatic carbocycles. The molecule has 1 atom stereocenters. The third-order valence-corrected chi connectivity index (χ3v) is 4.70. The van der Waals surface area contributed by atoms with E-state index in [-0.39, 0.29) is 0 Å². The Morgan fingerprint density at radius 3 is 2.84 bits per heavy atom. The van der Waals surface area contributed by atoms with Crippen LogP contribution in [0.5, 0.6) is 0 Å². The molecule has 1 heterocycles. The molecule has 2 rings (SSSR count). The molecule has 19 heavy (non-hydrogen) atoms. The fraction of sp³-hybridized carbons (Fsp3) is 0.562. The van der Waals surface area contributed by atoms with Gasteiger partial charge in [-0.15, -0.1) is 11.3 Å². The molecule has 2 nitrogen and oxygen atoms in total. The zero-order valence-electron chi connectivity index (χ0n) is 12.0. The molecule has 1 unspecified atom stereocenters. The van der Waals surface area contributed by atoms with Crippen LogP contribution >= 0.6 is 11.3 Å². The summed E-state index contributed by atoms with van der Waals surface area (Å²) in [6.45, 7) is 5.20. The second-order valence-electron chi connectivity index (χ2n) is 5.35. The molecule has 2 aromatic rings. The first-order chi connectivity index (χ1) is 9.22. The van der Waals surface area contributed by atoms with Crippen molar-refractivity contribution in [1.29, 1.82) is 0 Å². The number of hydrogen-bond donors (Lipinski definition) is 1. The Balaban J connectivity index is 2.00. The van der Waals surface area contributed by atoms with E-state index in [2.05, 4.69) is 32.0 Å². The van der Waals surface area contributed by atoms with Crippen molar-refractivity contribution < 1.29 is 0 Å². The van der Waals surface area contributed by atoms with E-state index in [4.69, 9.17) is 10.7 Å². The van der Waals surface area contributed by atoms with Crippen molar-refractivity contribution in [1.82, 2.24) is 4.98 Å². The lowest BCUT2D eigenvalue weighted by atomic mass is 9.95. The summed E-state index contributed by atoms with van der Waals surface area (Å²) < 4.78 is 1.32. The lowest BCUT2D eigenvalue weighted by Crippen LogP contribution is -2.09. The second kappa shape index (κ2) is 7.01. The maximum atomic E-state index is 5.69. The standard InChI is InChI=1S/C16H24N2S/c1-3-4-13(9-10-17)6-8-16-18-14-7-5-12(2)11-15(14)19-16/h5,7,11,13H,3-4,6,8-10,17H2,1-2H3. The summed E-state index contributed by atoms with van der Waals surface area (Å²) in [6, 6.07) is 6.51.